The average molecular weight is 263 g/mol. The van der Waals surface area contributed by atoms with Gasteiger partial charge in [-0.2, -0.15) is 0 Å². The predicted molar refractivity (Wildman–Crippen MR) is 74.1 cm³/mol. The minimum absolute atomic E-state index is 0.234. The van der Waals surface area contributed by atoms with Crippen molar-refractivity contribution in [3.8, 4) is 0 Å². The van der Waals surface area contributed by atoms with Gasteiger partial charge in [0.25, 0.3) is 0 Å². The van der Waals surface area contributed by atoms with Gasteiger partial charge in [-0.1, -0.05) is 24.1 Å². The van der Waals surface area contributed by atoms with Gasteiger partial charge in [0.2, 0.25) is 0 Å². The van der Waals surface area contributed by atoms with E-state index in [1.54, 1.807) is 0 Å². The van der Waals surface area contributed by atoms with Gasteiger partial charge in [0.1, 0.15) is 0 Å². The molecule has 2 aliphatic rings. The van der Waals surface area contributed by atoms with E-state index in [1.165, 1.54) is 25.7 Å². The first-order valence-corrected chi connectivity index (χ1v) is 7.30. The minimum Gasteiger partial charge on any atom is -0.294 e. The van der Waals surface area contributed by atoms with E-state index in [0.717, 1.165) is 17.4 Å². The van der Waals surface area contributed by atoms with Gasteiger partial charge < -0.3 is 0 Å². The molecular formula is C16H19ClO. The topological polar surface area (TPSA) is 17.1 Å². The number of rotatable bonds is 3. The van der Waals surface area contributed by atoms with Gasteiger partial charge in [0.15, 0.2) is 5.78 Å². The number of fused-ring (bicyclic) bond motifs is 2. The zero-order valence-corrected chi connectivity index (χ0v) is 11.5. The molecule has 2 bridgehead atoms. The van der Waals surface area contributed by atoms with Crippen LogP contribution < -0.4 is 0 Å². The first kappa shape index (κ1) is 12.2. The van der Waals surface area contributed by atoms with Gasteiger partial charge in [0.05, 0.1) is 5.02 Å². The average Bonchev–Trinajstić information content (AvgIpc) is 2.90. The van der Waals surface area contributed by atoms with Gasteiger partial charge in [-0.3, -0.25) is 4.79 Å². The van der Waals surface area contributed by atoms with Crippen molar-refractivity contribution < 1.29 is 4.79 Å². The monoisotopic (exact) mass is 262 g/mol. The van der Waals surface area contributed by atoms with Gasteiger partial charge in [-0.25, -0.2) is 0 Å². The minimum atomic E-state index is 0.234. The van der Waals surface area contributed by atoms with Crippen LogP contribution in [0.4, 0.5) is 0 Å². The molecule has 0 aliphatic heterocycles. The smallest absolute Gasteiger partial charge is 0.164 e. The Morgan fingerprint density at radius 2 is 2.17 bits per heavy atom. The quantitative estimate of drug-likeness (QED) is 0.724. The number of benzene rings is 1. The summed E-state index contributed by atoms with van der Waals surface area (Å²) in [6.45, 7) is 2.00. The molecule has 0 aromatic heterocycles. The van der Waals surface area contributed by atoms with E-state index in [0.29, 0.717) is 22.9 Å². The molecule has 3 rings (SSSR count). The van der Waals surface area contributed by atoms with Gasteiger partial charge in [-0.05, 0) is 61.6 Å². The van der Waals surface area contributed by atoms with Crippen LogP contribution in [0.2, 0.25) is 5.02 Å². The highest BCUT2D eigenvalue weighted by Gasteiger charge is 2.40. The maximum atomic E-state index is 12.3. The molecule has 0 N–H and O–H groups in total. The number of Topliss-reactive ketones (excluding diaryl/α,β-unsaturated/α-hetero) is 1. The predicted octanol–water partition coefficient (Wildman–Crippen LogP) is 4.66. The molecule has 3 unspecified atom stereocenters. The molecular weight excluding hydrogens is 244 g/mol. The lowest BCUT2D eigenvalue weighted by Crippen LogP contribution is -2.15. The SMILES string of the molecule is Cc1ccc(C(=O)CC2CC3CCC2C3)c(Cl)c1. The van der Waals surface area contributed by atoms with Crippen LogP contribution in [-0.2, 0) is 0 Å². The van der Waals surface area contributed by atoms with Crippen LogP contribution in [0.3, 0.4) is 0 Å². The van der Waals surface area contributed by atoms with Crippen molar-refractivity contribution in [1.29, 1.82) is 0 Å². The number of hydrogen-bond donors (Lipinski definition) is 0. The number of halogens is 1. The number of carbonyl (C=O) groups excluding carboxylic acids is 1. The van der Waals surface area contributed by atoms with E-state index in [2.05, 4.69) is 0 Å². The highest BCUT2D eigenvalue weighted by Crippen LogP contribution is 2.49. The van der Waals surface area contributed by atoms with E-state index >= 15 is 0 Å². The summed E-state index contributed by atoms with van der Waals surface area (Å²) in [6, 6.07) is 5.74. The van der Waals surface area contributed by atoms with Gasteiger partial charge in [-0.15, -0.1) is 0 Å². The lowest BCUT2D eigenvalue weighted by Gasteiger charge is -2.20. The summed E-state index contributed by atoms with van der Waals surface area (Å²) in [5.74, 6) is 2.57. The lowest BCUT2D eigenvalue weighted by molar-refractivity contribution is 0.0944. The molecule has 2 saturated carbocycles. The van der Waals surface area contributed by atoms with E-state index in [9.17, 15) is 4.79 Å². The second-order valence-corrected chi connectivity index (χ2v) is 6.45. The van der Waals surface area contributed by atoms with Crippen LogP contribution in [0.15, 0.2) is 18.2 Å². The van der Waals surface area contributed by atoms with E-state index < -0.39 is 0 Å². The molecule has 0 radical (unpaired) electrons. The Bertz CT molecular complexity index is 480. The standard InChI is InChI=1S/C16H19ClO/c1-10-2-5-14(15(17)6-10)16(18)9-13-8-11-3-4-12(13)7-11/h2,5-6,11-13H,3-4,7-9H2,1H3. The number of ketones is 1. The largest absolute Gasteiger partial charge is 0.294 e. The van der Waals surface area contributed by atoms with Crippen LogP contribution >= 0.6 is 11.6 Å². The summed E-state index contributed by atoms with van der Waals surface area (Å²) < 4.78 is 0. The molecule has 18 heavy (non-hydrogen) atoms. The Labute approximate surface area is 114 Å². The fourth-order valence-corrected chi connectivity index (χ4v) is 4.16. The van der Waals surface area contributed by atoms with Gasteiger partial charge >= 0.3 is 0 Å². The Morgan fingerprint density at radius 1 is 1.33 bits per heavy atom. The second-order valence-electron chi connectivity index (χ2n) is 6.05. The normalized spacial score (nSPS) is 29.8. The summed E-state index contributed by atoms with van der Waals surface area (Å²) >= 11 is 6.17. The molecule has 96 valence electrons. The molecule has 2 aliphatic carbocycles. The third-order valence-corrected chi connectivity index (χ3v) is 5.07. The van der Waals surface area contributed by atoms with Crippen LogP contribution in [0, 0.1) is 24.7 Å². The Kier molecular flexibility index (Phi) is 3.19. The molecule has 1 aromatic carbocycles. The molecule has 3 atom stereocenters. The first-order chi connectivity index (χ1) is 8.63. The zero-order valence-electron chi connectivity index (χ0n) is 10.8. The zero-order chi connectivity index (χ0) is 12.7. The van der Waals surface area contributed by atoms with Crippen molar-refractivity contribution in [3.63, 3.8) is 0 Å². The molecule has 2 heteroatoms. The lowest BCUT2D eigenvalue weighted by atomic mass is 9.84. The van der Waals surface area contributed by atoms with E-state index in [4.69, 9.17) is 11.6 Å². The number of aryl methyl sites for hydroxylation is 1. The molecule has 0 heterocycles. The number of hydrogen-bond acceptors (Lipinski definition) is 1. The maximum absolute atomic E-state index is 12.3. The Hall–Kier alpha value is -0.820. The van der Waals surface area contributed by atoms with Crippen LogP contribution in [0.25, 0.3) is 0 Å². The fourth-order valence-electron chi connectivity index (χ4n) is 3.82. The van der Waals surface area contributed by atoms with Gasteiger partial charge in [0, 0.05) is 12.0 Å². The van der Waals surface area contributed by atoms with E-state index in [-0.39, 0.29) is 5.78 Å². The third-order valence-electron chi connectivity index (χ3n) is 4.76. The molecule has 1 nitrogen and oxygen atoms in total. The molecule has 0 amide bonds. The Morgan fingerprint density at radius 3 is 2.78 bits per heavy atom. The maximum Gasteiger partial charge on any atom is 0.164 e. The summed E-state index contributed by atoms with van der Waals surface area (Å²) in [5.41, 5.74) is 1.82. The van der Waals surface area contributed by atoms with Crippen LogP contribution in [0.5, 0.6) is 0 Å². The summed E-state index contributed by atoms with van der Waals surface area (Å²) in [5, 5.41) is 0.614. The number of carbonyl (C=O) groups is 1. The van der Waals surface area contributed by atoms with E-state index in [1.807, 2.05) is 25.1 Å². The second kappa shape index (κ2) is 4.70. The molecule has 2 fully saturated rings. The van der Waals surface area contributed by atoms with Crippen molar-refractivity contribution in [3.05, 3.63) is 34.3 Å². The highest BCUT2D eigenvalue weighted by atomic mass is 35.5. The molecule has 0 spiro atoms. The van der Waals surface area contributed by atoms with Crippen molar-refractivity contribution >= 4 is 17.4 Å². The summed E-state index contributed by atoms with van der Waals surface area (Å²) in [6.07, 6.45) is 6.05. The van der Waals surface area contributed by atoms with Crippen molar-refractivity contribution in [2.75, 3.05) is 0 Å². The first-order valence-electron chi connectivity index (χ1n) is 6.93. The van der Waals surface area contributed by atoms with Crippen molar-refractivity contribution in [2.45, 2.75) is 39.0 Å². The molecule has 0 saturated heterocycles. The molecule has 1 aromatic rings. The summed E-state index contributed by atoms with van der Waals surface area (Å²) in [4.78, 5) is 12.3. The fraction of sp³-hybridized carbons (Fsp3) is 0.562. The van der Waals surface area contributed by atoms with Crippen LogP contribution in [-0.4, -0.2) is 5.78 Å². The van der Waals surface area contributed by atoms with Crippen molar-refractivity contribution in [1.82, 2.24) is 0 Å². The highest BCUT2D eigenvalue weighted by molar-refractivity contribution is 6.34. The summed E-state index contributed by atoms with van der Waals surface area (Å²) in [7, 11) is 0. The van der Waals surface area contributed by atoms with Crippen LogP contribution in [0.1, 0.15) is 48.0 Å². The Balaban J connectivity index is 1.71. The van der Waals surface area contributed by atoms with Crippen molar-refractivity contribution in [2.24, 2.45) is 17.8 Å². The third kappa shape index (κ3) is 2.21.